The molecule has 7 heteroatoms. The maximum absolute atomic E-state index is 12.6. The molecule has 0 saturated carbocycles. The molecular weight excluding hydrogens is 465 g/mol. The van der Waals surface area contributed by atoms with Gasteiger partial charge in [-0.25, -0.2) is 0 Å². The summed E-state index contributed by atoms with van der Waals surface area (Å²) < 4.78 is 0. The average Bonchev–Trinajstić information content (AvgIpc) is 3.15. The summed E-state index contributed by atoms with van der Waals surface area (Å²) in [6.07, 6.45) is 6.13. The third kappa shape index (κ3) is 5.83. The Hall–Kier alpha value is -1.35. The summed E-state index contributed by atoms with van der Waals surface area (Å²) in [5.41, 5.74) is 2.29. The lowest BCUT2D eigenvalue weighted by atomic mass is 10.0. The number of benzene rings is 1. The van der Waals surface area contributed by atoms with Gasteiger partial charge in [-0.1, -0.05) is 31.5 Å². The van der Waals surface area contributed by atoms with Gasteiger partial charge in [0.2, 0.25) is 5.91 Å². The number of likely N-dealkylation sites (tertiary alicyclic amines) is 1. The summed E-state index contributed by atoms with van der Waals surface area (Å²) in [5.74, 6) is 0.783. The molecule has 1 aromatic carbocycles. The predicted octanol–water partition coefficient (Wildman–Crippen LogP) is 2.62. The number of hydrogen-bond donors (Lipinski definition) is 2. The Bertz CT molecular complexity index is 666. The van der Waals surface area contributed by atoms with Gasteiger partial charge in [-0.3, -0.25) is 14.7 Å². The van der Waals surface area contributed by atoms with E-state index in [1.54, 1.807) is 7.05 Å². The predicted molar refractivity (Wildman–Crippen MR) is 127 cm³/mol. The Kier molecular flexibility index (Phi) is 9.50. The zero-order valence-electron chi connectivity index (χ0n) is 17.1. The molecule has 2 N–H and O–H groups in total. The van der Waals surface area contributed by atoms with Crippen LogP contribution in [0.1, 0.15) is 38.2 Å². The summed E-state index contributed by atoms with van der Waals surface area (Å²) >= 11 is 0. The molecule has 2 aliphatic heterocycles. The lowest BCUT2D eigenvalue weighted by Gasteiger charge is -2.35. The Balaban J connectivity index is 0.00000280. The van der Waals surface area contributed by atoms with Crippen LogP contribution >= 0.6 is 24.0 Å². The van der Waals surface area contributed by atoms with Crippen molar-refractivity contribution in [3.63, 3.8) is 0 Å². The fraction of sp³-hybridized carbons (Fsp3) is 0.619. The van der Waals surface area contributed by atoms with Gasteiger partial charge < -0.3 is 15.5 Å². The number of anilines is 1. The SMILES string of the molecule is CCC1CCCCN1CCNC(=NC)NCC(=O)N1CCc2ccccc21.I. The summed E-state index contributed by atoms with van der Waals surface area (Å²) in [6, 6.07) is 8.86. The van der Waals surface area contributed by atoms with Crippen molar-refractivity contribution in [2.24, 2.45) is 4.99 Å². The van der Waals surface area contributed by atoms with Crippen LogP contribution < -0.4 is 15.5 Å². The van der Waals surface area contributed by atoms with Gasteiger partial charge in [0.25, 0.3) is 0 Å². The number of guanidine groups is 1. The summed E-state index contributed by atoms with van der Waals surface area (Å²) in [7, 11) is 1.75. The first-order valence-electron chi connectivity index (χ1n) is 10.3. The van der Waals surface area contributed by atoms with Crippen LogP contribution in [0.5, 0.6) is 0 Å². The minimum Gasteiger partial charge on any atom is -0.355 e. The molecule has 0 spiro atoms. The van der Waals surface area contributed by atoms with Gasteiger partial charge in [0.15, 0.2) is 5.96 Å². The van der Waals surface area contributed by atoms with Crippen molar-refractivity contribution in [3.8, 4) is 0 Å². The number of piperidine rings is 1. The fourth-order valence-electron chi connectivity index (χ4n) is 4.21. The van der Waals surface area contributed by atoms with Crippen LogP contribution in [0, 0.1) is 0 Å². The van der Waals surface area contributed by atoms with Crippen molar-refractivity contribution in [2.75, 3.05) is 44.7 Å². The number of halogens is 1. The Morgan fingerprint density at radius 2 is 2.04 bits per heavy atom. The number of amides is 1. The van der Waals surface area contributed by atoms with Gasteiger partial charge in [-0.05, 0) is 43.9 Å². The first-order chi connectivity index (χ1) is 13.2. The lowest BCUT2D eigenvalue weighted by Crippen LogP contribution is -2.48. The molecule has 1 aromatic rings. The van der Waals surface area contributed by atoms with E-state index in [9.17, 15) is 4.79 Å². The first-order valence-corrected chi connectivity index (χ1v) is 10.3. The number of rotatable bonds is 6. The van der Waals surface area contributed by atoms with Crippen molar-refractivity contribution in [3.05, 3.63) is 29.8 Å². The Labute approximate surface area is 186 Å². The van der Waals surface area contributed by atoms with Gasteiger partial charge >= 0.3 is 0 Å². The molecule has 6 nitrogen and oxygen atoms in total. The number of fused-ring (bicyclic) bond motifs is 1. The average molecular weight is 499 g/mol. The molecule has 1 unspecified atom stereocenters. The zero-order valence-corrected chi connectivity index (χ0v) is 19.4. The van der Waals surface area contributed by atoms with E-state index in [0.717, 1.165) is 31.7 Å². The number of nitrogens with zero attached hydrogens (tertiary/aromatic N) is 3. The molecule has 28 heavy (non-hydrogen) atoms. The van der Waals surface area contributed by atoms with E-state index >= 15 is 0 Å². The van der Waals surface area contributed by atoms with Crippen LogP contribution in [-0.2, 0) is 11.2 Å². The van der Waals surface area contributed by atoms with Gasteiger partial charge in [-0.2, -0.15) is 0 Å². The summed E-state index contributed by atoms with van der Waals surface area (Å²) in [6.45, 7) is 6.36. The fourth-order valence-corrected chi connectivity index (χ4v) is 4.21. The molecule has 2 heterocycles. The van der Waals surface area contributed by atoms with Crippen LogP contribution in [0.2, 0.25) is 0 Å². The van der Waals surface area contributed by atoms with E-state index in [1.165, 1.54) is 37.8 Å². The second-order valence-corrected chi connectivity index (χ2v) is 7.37. The molecule has 0 radical (unpaired) electrons. The molecule has 0 bridgehead atoms. The highest BCUT2D eigenvalue weighted by Crippen LogP contribution is 2.27. The molecule has 3 rings (SSSR count). The van der Waals surface area contributed by atoms with Crippen molar-refractivity contribution in [1.82, 2.24) is 15.5 Å². The quantitative estimate of drug-likeness (QED) is 0.359. The third-order valence-electron chi connectivity index (χ3n) is 5.73. The smallest absolute Gasteiger partial charge is 0.246 e. The van der Waals surface area contributed by atoms with Crippen molar-refractivity contribution >= 4 is 41.5 Å². The van der Waals surface area contributed by atoms with Crippen LogP contribution in [0.25, 0.3) is 0 Å². The van der Waals surface area contributed by atoms with Crippen LogP contribution in [-0.4, -0.2) is 62.6 Å². The van der Waals surface area contributed by atoms with E-state index in [2.05, 4.69) is 33.5 Å². The van der Waals surface area contributed by atoms with Crippen molar-refractivity contribution < 1.29 is 4.79 Å². The van der Waals surface area contributed by atoms with Gasteiger partial charge in [0.05, 0.1) is 6.54 Å². The van der Waals surface area contributed by atoms with Gasteiger partial charge in [0.1, 0.15) is 0 Å². The minimum atomic E-state index is 0. The first kappa shape index (κ1) is 22.9. The number of hydrogen-bond acceptors (Lipinski definition) is 3. The molecular formula is C21H34IN5O. The highest BCUT2D eigenvalue weighted by molar-refractivity contribution is 14.0. The maximum Gasteiger partial charge on any atom is 0.246 e. The minimum absolute atomic E-state index is 0. The van der Waals surface area contributed by atoms with E-state index in [-0.39, 0.29) is 36.4 Å². The second-order valence-electron chi connectivity index (χ2n) is 7.37. The number of para-hydroxylation sites is 1. The number of nitrogens with one attached hydrogen (secondary N) is 2. The zero-order chi connectivity index (χ0) is 19.1. The maximum atomic E-state index is 12.6. The van der Waals surface area contributed by atoms with Gasteiger partial charge in [0, 0.05) is 38.4 Å². The van der Waals surface area contributed by atoms with Crippen molar-refractivity contribution in [1.29, 1.82) is 0 Å². The highest BCUT2D eigenvalue weighted by atomic mass is 127. The lowest BCUT2D eigenvalue weighted by molar-refractivity contribution is -0.117. The van der Waals surface area contributed by atoms with Crippen molar-refractivity contribution in [2.45, 2.75) is 45.1 Å². The second kappa shape index (κ2) is 11.6. The Morgan fingerprint density at radius 3 is 2.82 bits per heavy atom. The van der Waals surface area contributed by atoms with E-state index in [4.69, 9.17) is 0 Å². The van der Waals surface area contributed by atoms with Crippen LogP contribution in [0.15, 0.2) is 29.3 Å². The van der Waals surface area contributed by atoms with E-state index in [1.807, 2.05) is 23.1 Å². The largest absolute Gasteiger partial charge is 0.355 e. The normalized spacial score (nSPS) is 19.7. The standard InChI is InChI=1S/C21H33N5O.HI/c1-3-18-9-6-7-13-25(18)15-12-23-21(22-2)24-16-20(27)26-14-11-17-8-4-5-10-19(17)26;/h4-5,8,10,18H,3,6-7,9,11-16H2,1-2H3,(H2,22,23,24);1H. The van der Waals surface area contributed by atoms with Gasteiger partial charge in [-0.15, -0.1) is 24.0 Å². The van der Waals surface area contributed by atoms with Crippen LogP contribution in [0.4, 0.5) is 5.69 Å². The Morgan fingerprint density at radius 1 is 1.21 bits per heavy atom. The van der Waals surface area contributed by atoms with E-state index in [0.29, 0.717) is 12.0 Å². The summed E-state index contributed by atoms with van der Waals surface area (Å²) in [4.78, 5) is 21.3. The molecule has 156 valence electrons. The molecule has 1 atom stereocenters. The topological polar surface area (TPSA) is 60.0 Å². The summed E-state index contributed by atoms with van der Waals surface area (Å²) in [5, 5.41) is 6.52. The molecule has 0 aromatic heterocycles. The molecule has 2 aliphatic rings. The number of aliphatic imine (C=N–C) groups is 1. The monoisotopic (exact) mass is 499 g/mol. The highest BCUT2D eigenvalue weighted by Gasteiger charge is 2.24. The molecule has 0 aliphatic carbocycles. The number of carbonyl (C=O) groups excluding carboxylic acids is 1. The van der Waals surface area contributed by atoms with Crippen LogP contribution in [0.3, 0.4) is 0 Å². The third-order valence-corrected chi connectivity index (χ3v) is 5.73. The molecule has 1 saturated heterocycles. The number of carbonyl (C=O) groups is 1. The molecule has 1 amide bonds. The molecule has 1 fully saturated rings. The van der Waals surface area contributed by atoms with E-state index < -0.39 is 0 Å².